The lowest BCUT2D eigenvalue weighted by Gasteiger charge is -2.15. The number of hydrogen-bond donors (Lipinski definition) is 3. The summed E-state index contributed by atoms with van der Waals surface area (Å²) in [6.45, 7) is 3.83. The topological polar surface area (TPSA) is 84.2 Å². The molecule has 6 heteroatoms. The van der Waals surface area contributed by atoms with E-state index in [1.165, 1.54) is 0 Å². The molecule has 0 aliphatic carbocycles. The molecule has 1 heterocycles. The molecule has 1 aliphatic heterocycles. The number of carbonyl (C=O) groups excluding carboxylic acids is 2. The Bertz CT molecular complexity index is 532. The Morgan fingerprint density at radius 2 is 2.14 bits per heavy atom. The van der Waals surface area contributed by atoms with E-state index in [1.54, 1.807) is 0 Å². The van der Waals surface area contributed by atoms with Gasteiger partial charge in [0.2, 0.25) is 11.8 Å². The molecule has 4 N–H and O–H groups in total. The first-order chi connectivity index (χ1) is 9.45. The molecule has 5 nitrogen and oxygen atoms in total. The second kappa shape index (κ2) is 7.43. The SMILES string of the molecule is CC(N)CCC(=O)NC(C)c1ccc2c(c1)CC(=O)N2.Cl. The third-order valence-electron chi connectivity index (χ3n) is 3.46. The van der Waals surface area contributed by atoms with Gasteiger partial charge in [0.05, 0.1) is 12.5 Å². The van der Waals surface area contributed by atoms with Crippen molar-refractivity contribution >= 4 is 29.9 Å². The molecule has 1 aromatic rings. The number of anilines is 1. The number of rotatable bonds is 5. The maximum Gasteiger partial charge on any atom is 0.228 e. The van der Waals surface area contributed by atoms with E-state index >= 15 is 0 Å². The number of nitrogens with one attached hydrogen (secondary N) is 2. The average molecular weight is 312 g/mol. The highest BCUT2D eigenvalue weighted by molar-refractivity contribution is 5.99. The molecule has 0 bridgehead atoms. The molecule has 0 fully saturated rings. The van der Waals surface area contributed by atoms with Crippen molar-refractivity contribution in [3.8, 4) is 0 Å². The Balaban J connectivity index is 0.00000220. The molecule has 0 radical (unpaired) electrons. The molecule has 2 unspecified atom stereocenters. The van der Waals surface area contributed by atoms with Crippen LogP contribution in [0.2, 0.25) is 0 Å². The number of benzene rings is 1. The van der Waals surface area contributed by atoms with Crippen molar-refractivity contribution in [1.29, 1.82) is 0 Å². The van der Waals surface area contributed by atoms with Crippen LogP contribution < -0.4 is 16.4 Å². The maximum atomic E-state index is 11.8. The second-order valence-corrected chi connectivity index (χ2v) is 5.45. The summed E-state index contributed by atoms with van der Waals surface area (Å²) in [5, 5.41) is 5.75. The van der Waals surface area contributed by atoms with Crippen LogP contribution in [0, 0.1) is 0 Å². The Morgan fingerprint density at radius 3 is 2.81 bits per heavy atom. The number of nitrogens with two attached hydrogens (primary N) is 1. The minimum absolute atomic E-state index is 0. The van der Waals surface area contributed by atoms with Crippen molar-refractivity contribution in [1.82, 2.24) is 5.32 Å². The predicted molar refractivity (Wildman–Crippen MR) is 85.5 cm³/mol. The van der Waals surface area contributed by atoms with Crippen LogP contribution >= 0.6 is 12.4 Å². The number of hydrogen-bond acceptors (Lipinski definition) is 3. The van der Waals surface area contributed by atoms with E-state index in [4.69, 9.17) is 5.73 Å². The molecule has 0 aromatic heterocycles. The monoisotopic (exact) mass is 311 g/mol. The third kappa shape index (κ3) is 4.72. The summed E-state index contributed by atoms with van der Waals surface area (Å²) < 4.78 is 0. The van der Waals surface area contributed by atoms with Crippen LogP contribution in [0.5, 0.6) is 0 Å². The van der Waals surface area contributed by atoms with Gasteiger partial charge in [-0.15, -0.1) is 12.4 Å². The van der Waals surface area contributed by atoms with E-state index in [-0.39, 0.29) is 36.3 Å². The summed E-state index contributed by atoms with van der Waals surface area (Å²) >= 11 is 0. The van der Waals surface area contributed by atoms with E-state index in [2.05, 4.69) is 10.6 Å². The summed E-state index contributed by atoms with van der Waals surface area (Å²) in [6.07, 6.45) is 1.53. The van der Waals surface area contributed by atoms with Gasteiger partial charge in [0.25, 0.3) is 0 Å². The van der Waals surface area contributed by atoms with E-state index < -0.39 is 0 Å². The Morgan fingerprint density at radius 1 is 1.43 bits per heavy atom. The molecule has 1 aromatic carbocycles. The number of halogens is 1. The number of amides is 2. The highest BCUT2D eigenvalue weighted by atomic mass is 35.5. The van der Waals surface area contributed by atoms with Crippen molar-refractivity contribution in [2.75, 3.05) is 5.32 Å². The first kappa shape index (κ1) is 17.5. The highest BCUT2D eigenvalue weighted by Crippen LogP contribution is 2.26. The van der Waals surface area contributed by atoms with Crippen molar-refractivity contribution < 1.29 is 9.59 Å². The highest BCUT2D eigenvalue weighted by Gasteiger charge is 2.19. The van der Waals surface area contributed by atoms with Crippen LogP contribution in [0.3, 0.4) is 0 Å². The first-order valence-electron chi connectivity index (χ1n) is 6.93. The van der Waals surface area contributed by atoms with Crippen LogP contribution in [0.15, 0.2) is 18.2 Å². The summed E-state index contributed by atoms with van der Waals surface area (Å²) in [4.78, 5) is 23.1. The Kier molecular flexibility index (Phi) is 6.18. The van der Waals surface area contributed by atoms with Crippen LogP contribution in [0.25, 0.3) is 0 Å². The fraction of sp³-hybridized carbons (Fsp3) is 0.467. The van der Waals surface area contributed by atoms with E-state index in [9.17, 15) is 9.59 Å². The first-order valence-corrected chi connectivity index (χ1v) is 6.93. The van der Waals surface area contributed by atoms with Gasteiger partial charge in [-0.1, -0.05) is 12.1 Å². The predicted octanol–water partition coefficient (Wildman–Crippen LogP) is 1.91. The van der Waals surface area contributed by atoms with Gasteiger partial charge in [0, 0.05) is 18.2 Å². The molecule has 116 valence electrons. The lowest BCUT2D eigenvalue weighted by Crippen LogP contribution is -2.28. The summed E-state index contributed by atoms with van der Waals surface area (Å²) in [6, 6.07) is 5.76. The summed E-state index contributed by atoms with van der Waals surface area (Å²) in [7, 11) is 0. The molecule has 2 atom stereocenters. The zero-order valence-corrected chi connectivity index (χ0v) is 13.1. The standard InChI is InChI=1S/C15H21N3O2.ClH/c1-9(16)3-6-14(19)17-10(2)11-4-5-13-12(7-11)8-15(20)18-13;/h4-5,7,9-10H,3,6,8,16H2,1-2H3,(H,17,19)(H,18,20);1H. The Hall–Kier alpha value is -1.59. The lowest BCUT2D eigenvalue weighted by molar-refractivity contribution is -0.122. The number of fused-ring (bicyclic) bond motifs is 1. The summed E-state index contributed by atoms with van der Waals surface area (Å²) in [5.41, 5.74) is 8.51. The van der Waals surface area contributed by atoms with Gasteiger partial charge in [-0.05, 0) is 37.5 Å². The molecule has 0 saturated carbocycles. The zero-order valence-electron chi connectivity index (χ0n) is 12.3. The zero-order chi connectivity index (χ0) is 14.7. The minimum atomic E-state index is -0.0726. The van der Waals surface area contributed by atoms with Gasteiger partial charge in [-0.25, -0.2) is 0 Å². The fourth-order valence-electron chi connectivity index (χ4n) is 2.27. The normalized spacial score (nSPS) is 15.5. The van der Waals surface area contributed by atoms with Crippen LogP contribution in [-0.4, -0.2) is 17.9 Å². The molecular formula is C15H22ClN3O2. The largest absolute Gasteiger partial charge is 0.350 e. The van der Waals surface area contributed by atoms with Crippen molar-refractivity contribution in [2.45, 2.75) is 45.2 Å². The van der Waals surface area contributed by atoms with Crippen LogP contribution in [0.4, 0.5) is 5.69 Å². The van der Waals surface area contributed by atoms with Gasteiger partial charge in [-0.3, -0.25) is 9.59 Å². The quantitative estimate of drug-likeness (QED) is 0.776. The molecule has 21 heavy (non-hydrogen) atoms. The fourth-order valence-corrected chi connectivity index (χ4v) is 2.27. The van der Waals surface area contributed by atoms with Gasteiger partial charge in [-0.2, -0.15) is 0 Å². The summed E-state index contributed by atoms with van der Waals surface area (Å²) in [5.74, 6) is 0.0234. The van der Waals surface area contributed by atoms with Gasteiger partial charge in [0.15, 0.2) is 0 Å². The van der Waals surface area contributed by atoms with E-state index in [1.807, 2.05) is 32.0 Å². The maximum absolute atomic E-state index is 11.8. The molecule has 0 spiro atoms. The molecule has 0 saturated heterocycles. The Labute approximate surface area is 131 Å². The van der Waals surface area contributed by atoms with E-state index in [0.717, 1.165) is 16.8 Å². The minimum Gasteiger partial charge on any atom is -0.350 e. The number of carbonyl (C=O) groups is 2. The van der Waals surface area contributed by atoms with Crippen LogP contribution in [0.1, 0.15) is 43.9 Å². The molecule has 1 aliphatic rings. The second-order valence-electron chi connectivity index (χ2n) is 5.45. The molecular weight excluding hydrogens is 290 g/mol. The van der Waals surface area contributed by atoms with Crippen molar-refractivity contribution in [2.24, 2.45) is 5.73 Å². The average Bonchev–Trinajstić information content (AvgIpc) is 2.75. The van der Waals surface area contributed by atoms with E-state index in [0.29, 0.717) is 19.3 Å². The lowest BCUT2D eigenvalue weighted by atomic mass is 10.0. The molecule has 2 amide bonds. The van der Waals surface area contributed by atoms with Gasteiger partial charge in [0.1, 0.15) is 0 Å². The third-order valence-corrected chi connectivity index (χ3v) is 3.46. The van der Waals surface area contributed by atoms with Crippen LogP contribution in [-0.2, 0) is 16.0 Å². The molecule has 2 rings (SSSR count). The van der Waals surface area contributed by atoms with Crippen molar-refractivity contribution in [3.05, 3.63) is 29.3 Å². The van der Waals surface area contributed by atoms with Gasteiger partial charge < -0.3 is 16.4 Å². The van der Waals surface area contributed by atoms with Crippen molar-refractivity contribution in [3.63, 3.8) is 0 Å². The van der Waals surface area contributed by atoms with Gasteiger partial charge >= 0.3 is 0 Å². The smallest absolute Gasteiger partial charge is 0.228 e.